The summed E-state index contributed by atoms with van der Waals surface area (Å²) in [5, 5.41) is 13.8. The van der Waals surface area contributed by atoms with Gasteiger partial charge in [0.1, 0.15) is 28.2 Å². The van der Waals surface area contributed by atoms with Crippen molar-refractivity contribution in [2.24, 2.45) is 11.1 Å². The third-order valence-corrected chi connectivity index (χ3v) is 6.86. The zero-order valence-corrected chi connectivity index (χ0v) is 17.7. The van der Waals surface area contributed by atoms with Gasteiger partial charge in [0.2, 0.25) is 0 Å². The number of aromatic nitrogens is 5. The molecule has 10 nitrogen and oxygen atoms in total. The number of fused-ring (bicyclic) bond motifs is 1. The van der Waals surface area contributed by atoms with E-state index in [1.165, 1.54) is 4.68 Å². The Bertz CT molecular complexity index is 1200. The van der Waals surface area contributed by atoms with Crippen LogP contribution in [-0.2, 0) is 4.74 Å². The quantitative estimate of drug-likeness (QED) is 0.608. The van der Waals surface area contributed by atoms with Gasteiger partial charge in [0, 0.05) is 30.6 Å². The summed E-state index contributed by atoms with van der Waals surface area (Å²) in [5.41, 5.74) is 13.9. The Morgan fingerprint density at radius 3 is 2.74 bits per heavy atom. The van der Waals surface area contributed by atoms with Crippen LogP contribution in [0.2, 0.25) is 5.02 Å². The van der Waals surface area contributed by atoms with Crippen molar-refractivity contribution >= 4 is 34.4 Å². The maximum atomic E-state index is 9.23. The number of nitrogens with two attached hydrogens (primary N) is 2. The summed E-state index contributed by atoms with van der Waals surface area (Å²) in [6, 6.07) is 3.57. The van der Waals surface area contributed by atoms with E-state index in [0.717, 1.165) is 38.4 Å². The Morgan fingerprint density at radius 1 is 1.29 bits per heavy atom. The Balaban J connectivity index is 1.42. The van der Waals surface area contributed by atoms with Crippen LogP contribution in [0.25, 0.3) is 16.9 Å². The second-order valence-corrected chi connectivity index (χ2v) is 8.60. The minimum atomic E-state index is 0.0376. The monoisotopic (exact) mass is 439 g/mol. The van der Waals surface area contributed by atoms with Gasteiger partial charge in [-0.3, -0.25) is 0 Å². The Morgan fingerprint density at radius 2 is 2.06 bits per heavy atom. The van der Waals surface area contributed by atoms with Gasteiger partial charge in [-0.2, -0.15) is 10.4 Å². The van der Waals surface area contributed by atoms with E-state index in [1.807, 2.05) is 13.0 Å². The number of ether oxygens (including phenoxy) is 1. The maximum absolute atomic E-state index is 9.23. The minimum Gasteiger partial charge on any atom is -0.384 e. The molecule has 5 rings (SSSR count). The van der Waals surface area contributed by atoms with Crippen molar-refractivity contribution in [3.05, 3.63) is 29.2 Å². The van der Waals surface area contributed by atoms with Crippen LogP contribution in [0.5, 0.6) is 0 Å². The normalized spacial score (nSPS) is 22.8. The third-order valence-electron chi connectivity index (χ3n) is 6.48. The summed E-state index contributed by atoms with van der Waals surface area (Å²) in [5.74, 6) is 0.968. The van der Waals surface area contributed by atoms with Crippen molar-refractivity contribution in [1.29, 1.82) is 5.26 Å². The fourth-order valence-electron chi connectivity index (χ4n) is 4.55. The molecule has 3 aromatic rings. The SMILES string of the molecule is C[C@@H]1OCC2(CCN(c3cnc4c(cnn4-c4cc(N)nc(C#N)c4Cl)n3)CC2)[C@@H]1N. The molecule has 0 radical (unpaired) electrons. The molecule has 0 saturated carbocycles. The van der Waals surface area contributed by atoms with Gasteiger partial charge < -0.3 is 21.1 Å². The molecule has 2 aliphatic rings. The number of anilines is 2. The molecule has 4 N–H and O–H groups in total. The lowest BCUT2D eigenvalue weighted by Crippen LogP contribution is -2.50. The van der Waals surface area contributed by atoms with Crippen LogP contribution in [0.4, 0.5) is 11.6 Å². The van der Waals surface area contributed by atoms with E-state index >= 15 is 0 Å². The first-order chi connectivity index (χ1) is 14.9. The largest absolute Gasteiger partial charge is 0.384 e. The van der Waals surface area contributed by atoms with Gasteiger partial charge in [-0.15, -0.1) is 0 Å². The molecular formula is C20H22ClN9O. The van der Waals surface area contributed by atoms with Gasteiger partial charge in [-0.25, -0.2) is 19.6 Å². The molecule has 0 unspecified atom stereocenters. The van der Waals surface area contributed by atoms with Crippen LogP contribution in [0.1, 0.15) is 25.5 Å². The second-order valence-electron chi connectivity index (χ2n) is 8.23. The standard InChI is InChI=1S/C20H22ClN9O/c1-11-18(24)20(10-31-11)2-4-29(5-3-20)16-9-25-19-13(28-16)8-26-30(19)14-6-15(23)27-12(7-22)17(14)21/h6,8-9,11,18H,2-5,10,24H2,1H3,(H2,23,27)/t11-,18+/m0/s1. The van der Waals surface area contributed by atoms with E-state index in [4.69, 9.17) is 32.8 Å². The molecular weight excluding hydrogens is 418 g/mol. The summed E-state index contributed by atoms with van der Waals surface area (Å²) in [6.45, 7) is 4.46. The molecule has 2 atom stereocenters. The highest BCUT2D eigenvalue weighted by Gasteiger charge is 2.47. The lowest BCUT2D eigenvalue weighted by Gasteiger charge is -2.41. The van der Waals surface area contributed by atoms with Crippen LogP contribution < -0.4 is 16.4 Å². The number of piperidine rings is 1. The molecule has 160 valence electrons. The average Bonchev–Trinajstić information content (AvgIpc) is 3.32. The summed E-state index contributed by atoms with van der Waals surface area (Å²) < 4.78 is 7.33. The van der Waals surface area contributed by atoms with E-state index in [2.05, 4.69) is 20.0 Å². The highest BCUT2D eigenvalue weighted by Crippen LogP contribution is 2.41. The number of rotatable bonds is 2. The summed E-state index contributed by atoms with van der Waals surface area (Å²) >= 11 is 6.33. The molecule has 0 aliphatic carbocycles. The Hall–Kier alpha value is -3.00. The number of nitriles is 1. The van der Waals surface area contributed by atoms with Crippen molar-refractivity contribution in [1.82, 2.24) is 24.7 Å². The number of halogens is 1. The van der Waals surface area contributed by atoms with E-state index in [0.29, 0.717) is 16.9 Å². The highest BCUT2D eigenvalue weighted by atomic mass is 35.5. The van der Waals surface area contributed by atoms with Crippen LogP contribution in [-0.4, -0.2) is 56.6 Å². The summed E-state index contributed by atoms with van der Waals surface area (Å²) in [4.78, 5) is 15.5. The number of nitrogen functional groups attached to an aromatic ring is 1. The molecule has 3 aromatic heterocycles. The van der Waals surface area contributed by atoms with Gasteiger partial charge in [0.15, 0.2) is 11.3 Å². The van der Waals surface area contributed by atoms with E-state index < -0.39 is 0 Å². The van der Waals surface area contributed by atoms with Crippen molar-refractivity contribution < 1.29 is 4.74 Å². The van der Waals surface area contributed by atoms with Crippen LogP contribution in [0.3, 0.4) is 0 Å². The van der Waals surface area contributed by atoms with Crippen molar-refractivity contribution in [3.63, 3.8) is 0 Å². The smallest absolute Gasteiger partial charge is 0.181 e. The first kappa shape index (κ1) is 19.9. The lowest BCUT2D eigenvalue weighted by molar-refractivity contribution is 0.0974. The topological polar surface area (TPSA) is 145 Å². The summed E-state index contributed by atoms with van der Waals surface area (Å²) in [7, 11) is 0. The molecule has 11 heteroatoms. The van der Waals surface area contributed by atoms with Crippen molar-refractivity contribution in [2.45, 2.75) is 31.9 Å². The lowest BCUT2D eigenvalue weighted by atomic mass is 9.73. The van der Waals surface area contributed by atoms with Gasteiger partial charge in [-0.1, -0.05) is 11.6 Å². The van der Waals surface area contributed by atoms with Gasteiger partial charge >= 0.3 is 0 Å². The van der Waals surface area contributed by atoms with Gasteiger partial charge in [-0.05, 0) is 19.8 Å². The Kier molecular flexibility index (Phi) is 4.69. The third kappa shape index (κ3) is 3.17. The fraction of sp³-hybridized carbons (Fsp3) is 0.450. The molecule has 5 heterocycles. The van der Waals surface area contributed by atoms with Crippen molar-refractivity contribution in [3.8, 4) is 11.8 Å². The fourth-order valence-corrected chi connectivity index (χ4v) is 4.77. The van der Waals surface area contributed by atoms with Gasteiger partial charge in [0.05, 0.1) is 30.8 Å². The Labute approximate surface area is 183 Å². The molecule has 1 spiro atoms. The molecule has 2 fully saturated rings. The molecule has 0 amide bonds. The van der Waals surface area contributed by atoms with E-state index in [9.17, 15) is 5.26 Å². The number of nitrogens with zero attached hydrogens (tertiary/aromatic N) is 7. The number of pyridine rings is 1. The van der Waals surface area contributed by atoms with E-state index in [1.54, 1.807) is 18.5 Å². The van der Waals surface area contributed by atoms with Gasteiger partial charge in [0.25, 0.3) is 0 Å². The molecule has 2 saturated heterocycles. The molecule has 31 heavy (non-hydrogen) atoms. The zero-order chi connectivity index (χ0) is 21.8. The van der Waals surface area contributed by atoms with Crippen LogP contribution in [0, 0.1) is 16.7 Å². The maximum Gasteiger partial charge on any atom is 0.181 e. The van der Waals surface area contributed by atoms with Crippen LogP contribution >= 0.6 is 11.6 Å². The minimum absolute atomic E-state index is 0.0376. The van der Waals surface area contributed by atoms with Crippen molar-refractivity contribution in [2.75, 3.05) is 30.3 Å². The first-order valence-corrected chi connectivity index (χ1v) is 10.5. The van der Waals surface area contributed by atoms with Crippen LogP contribution in [0.15, 0.2) is 18.5 Å². The molecule has 0 aromatic carbocycles. The number of hydrogen-bond donors (Lipinski definition) is 2. The highest BCUT2D eigenvalue weighted by molar-refractivity contribution is 6.33. The predicted molar refractivity (Wildman–Crippen MR) is 116 cm³/mol. The predicted octanol–water partition coefficient (Wildman–Crippen LogP) is 1.65. The number of hydrogen-bond acceptors (Lipinski definition) is 9. The zero-order valence-electron chi connectivity index (χ0n) is 17.0. The molecule has 2 aliphatic heterocycles. The molecule has 0 bridgehead atoms. The van der Waals surface area contributed by atoms with E-state index in [-0.39, 0.29) is 34.1 Å². The average molecular weight is 440 g/mol. The summed E-state index contributed by atoms with van der Waals surface area (Å²) in [6.07, 6.45) is 5.37. The second kappa shape index (κ2) is 7.30. The first-order valence-electron chi connectivity index (χ1n) is 10.1.